The molecule has 0 fully saturated rings. The number of rotatable bonds is 5. The van der Waals surface area contributed by atoms with Gasteiger partial charge in [0.15, 0.2) is 6.61 Å². The van der Waals surface area contributed by atoms with Gasteiger partial charge in [0.2, 0.25) is 0 Å². The van der Waals surface area contributed by atoms with Gasteiger partial charge in [0.1, 0.15) is 0 Å². The van der Waals surface area contributed by atoms with Gasteiger partial charge in [-0.15, -0.1) is 11.8 Å². The first-order valence-corrected chi connectivity index (χ1v) is 8.47. The van der Waals surface area contributed by atoms with Gasteiger partial charge < -0.3 is 10.1 Å². The molecule has 0 radical (unpaired) electrons. The average molecular weight is 380 g/mol. The second-order valence-corrected chi connectivity index (χ2v) is 6.10. The number of anilines is 1. The number of halogens is 1. The third-order valence-electron chi connectivity index (χ3n) is 2.78. The molecule has 4 nitrogen and oxygen atoms in total. The maximum atomic E-state index is 11.9. The Balaban J connectivity index is 1.91. The molecule has 0 aliphatic rings. The summed E-state index contributed by atoms with van der Waals surface area (Å²) < 4.78 is 5.79. The first-order valence-electron chi connectivity index (χ1n) is 6.45. The Morgan fingerprint density at radius 1 is 1.18 bits per heavy atom. The Morgan fingerprint density at radius 3 is 2.68 bits per heavy atom. The number of carbonyl (C=O) groups is 2. The molecule has 0 spiro atoms. The molecule has 0 unspecified atom stereocenters. The Hall–Kier alpha value is -1.79. The van der Waals surface area contributed by atoms with Crippen LogP contribution in [0.25, 0.3) is 0 Å². The fraction of sp³-hybridized carbons (Fsp3) is 0.125. The summed E-state index contributed by atoms with van der Waals surface area (Å²) in [5, 5.41) is 2.73. The quantitative estimate of drug-likeness (QED) is 0.630. The normalized spacial score (nSPS) is 10.1. The lowest BCUT2D eigenvalue weighted by molar-refractivity contribution is -0.119. The van der Waals surface area contributed by atoms with Gasteiger partial charge in [0, 0.05) is 9.37 Å². The summed E-state index contributed by atoms with van der Waals surface area (Å²) >= 11 is 4.81. The Bertz CT molecular complexity index is 691. The fourth-order valence-corrected chi connectivity index (χ4v) is 2.72. The Kier molecular flexibility index (Phi) is 6.03. The minimum absolute atomic E-state index is 0.325. The maximum absolute atomic E-state index is 11.9. The summed E-state index contributed by atoms with van der Waals surface area (Å²) in [5.41, 5.74) is 1.10. The van der Waals surface area contributed by atoms with E-state index in [1.165, 1.54) is 11.8 Å². The van der Waals surface area contributed by atoms with Gasteiger partial charge in [0.05, 0.1) is 11.3 Å². The van der Waals surface area contributed by atoms with Crippen LogP contribution in [0, 0.1) is 0 Å². The van der Waals surface area contributed by atoms with E-state index in [-0.39, 0.29) is 12.5 Å². The predicted octanol–water partition coefficient (Wildman–Crippen LogP) is 3.97. The lowest BCUT2D eigenvalue weighted by Crippen LogP contribution is -2.21. The summed E-state index contributed by atoms with van der Waals surface area (Å²) in [7, 11) is 0. The Morgan fingerprint density at radius 2 is 1.95 bits per heavy atom. The van der Waals surface area contributed by atoms with Crippen molar-refractivity contribution in [3.05, 3.63) is 58.6 Å². The minimum Gasteiger partial charge on any atom is -0.452 e. The van der Waals surface area contributed by atoms with Gasteiger partial charge in [-0.25, -0.2) is 4.79 Å². The van der Waals surface area contributed by atoms with Gasteiger partial charge in [-0.2, -0.15) is 0 Å². The van der Waals surface area contributed by atoms with Crippen LogP contribution in [0.4, 0.5) is 5.69 Å². The van der Waals surface area contributed by atoms with Crippen molar-refractivity contribution in [3.8, 4) is 0 Å². The van der Waals surface area contributed by atoms with Crippen molar-refractivity contribution in [2.24, 2.45) is 0 Å². The molecule has 0 saturated heterocycles. The van der Waals surface area contributed by atoms with E-state index in [9.17, 15) is 9.59 Å². The van der Waals surface area contributed by atoms with Crippen LogP contribution in [0.15, 0.2) is 57.9 Å². The molecule has 0 heterocycles. The molecule has 0 atom stereocenters. The van der Waals surface area contributed by atoms with E-state index in [4.69, 9.17) is 4.74 Å². The van der Waals surface area contributed by atoms with Crippen molar-refractivity contribution >= 4 is 45.3 Å². The minimum atomic E-state index is -0.533. The third-order valence-corrected chi connectivity index (χ3v) is 4.06. The molecule has 0 saturated carbocycles. The highest BCUT2D eigenvalue weighted by atomic mass is 79.9. The number of hydrogen-bond acceptors (Lipinski definition) is 4. The summed E-state index contributed by atoms with van der Waals surface area (Å²) in [6, 6.07) is 14.3. The second kappa shape index (κ2) is 8.00. The van der Waals surface area contributed by atoms with Gasteiger partial charge in [-0.05, 0) is 36.6 Å². The average Bonchev–Trinajstić information content (AvgIpc) is 2.53. The smallest absolute Gasteiger partial charge is 0.338 e. The van der Waals surface area contributed by atoms with Crippen molar-refractivity contribution in [2.75, 3.05) is 18.2 Å². The van der Waals surface area contributed by atoms with E-state index in [0.717, 1.165) is 9.37 Å². The zero-order valence-electron chi connectivity index (χ0n) is 11.8. The molecule has 0 aromatic heterocycles. The second-order valence-electron chi connectivity index (χ2n) is 4.33. The zero-order valence-corrected chi connectivity index (χ0v) is 14.2. The summed E-state index contributed by atoms with van der Waals surface area (Å²) in [4.78, 5) is 24.7. The Labute approximate surface area is 141 Å². The number of para-hydroxylation sites is 1. The van der Waals surface area contributed by atoms with Gasteiger partial charge in [-0.1, -0.05) is 34.1 Å². The van der Waals surface area contributed by atoms with Crippen LogP contribution in [-0.2, 0) is 9.53 Å². The number of benzene rings is 2. The van der Waals surface area contributed by atoms with Crippen LogP contribution in [0.2, 0.25) is 0 Å². The molecule has 114 valence electrons. The van der Waals surface area contributed by atoms with E-state index >= 15 is 0 Å². The lowest BCUT2D eigenvalue weighted by Gasteiger charge is -2.09. The molecular formula is C16H14BrNO3S. The summed E-state index contributed by atoms with van der Waals surface area (Å²) in [6.45, 7) is -0.325. The number of hydrogen-bond donors (Lipinski definition) is 1. The number of thioether (sulfide) groups is 1. The number of nitrogens with one attached hydrogen (secondary N) is 1. The van der Waals surface area contributed by atoms with Crippen LogP contribution >= 0.6 is 27.7 Å². The molecule has 2 rings (SSSR count). The van der Waals surface area contributed by atoms with Crippen molar-refractivity contribution in [1.29, 1.82) is 0 Å². The van der Waals surface area contributed by atoms with Crippen molar-refractivity contribution in [1.82, 2.24) is 0 Å². The molecular weight excluding hydrogens is 366 g/mol. The number of ether oxygens (including phenoxy) is 1. The molecule has 0 aliphatic carbocycles. The highest BCUT2D eigenvalue weighted by molar-refractivity contribution is 9.10. The topological polar surface area (TPSA) is 55.4 Å². The molecule has 1 amide bonds. The summed E-state index contributed by atoms with van der Waals surface area (Å²) in [5.74, 6) is -0.903. The van der Waals surface area contributed by atoms with Gasteiger partial charge in [0.25, 0.3) is 5.91 Å². The van der Waals surface area contributed by atoms with Crippen molar-refractivity contribution in [2.45, 2.75) is 4.90 Å². The largest absolute Gasteiger partial charge is 0.452 e. The van der Waals surface area contributed by atoms with Crippen molar-refractivity contribution in [3.63, 3.8) is 0 Å². The van der Waals surface area contributed by atoms with E-state index < -0.39 is 5.97 Å². The highest BCUT2D eigenvalue weighted by Gasteiger charge is 2.11. The number of esters is 1. The number of carbonyl (C=O) groups excluding carboxylic acids is 2. The zero-order chi connectivity index (χ0) is 15.9. The highest BCUT2D eigenvalue weighted by Crippen LogP contribution is 2.24. The molecule has 2 aromatic rings. The molecule has 0 bridgehead atoms. The SMILES string of the molecule is CSc1ccccc1NC(=O)COC(=O)c1cccc(Br)c1. The van der Waals surface area contributed by atoms with Crippen LogP contribution in [0.3, 0.4) is 0 Å². The van der Waals surface area contributed by atoms with Gasteiger partial charge >= 0.3 is 5.97 Å². The maximum Gasteiger partial charge on any atom is 0.338 e. The molecule has 1 N–H and O–H groups in total. The fourth-order valence-electron chi connectivity index (χ4n) is 1.76. The third kappa shape index (κ3) is 4.61. The van der Waals surface area contributed by atoms with Crippen molar-refractivity contribution < 1.29 is 14.3 Å². The van der Waals surface area contributed by atoms with Crippen LogP contribution in [0.5, 0.6) is 0 Å². The number of amides is 1. The van der Waals surface area contributed by atoms with Crippen LogP contribution < -0.4 is 5.32 Å². The van der Waals surface area contributed by atoms with E-state index in [2.05, 4.69) is 21.2 Å². The molecule has 6 heteroatoms. The van der Waals surface area contributed by atoms with Crippen LogP contribution in [-0.4, -0.2) is 24.7 Å². The first kappa shape index (κ1) is 16.6. The molecule has 2 aromatic carbocycles. The van der Waals surface area contributed by atoms with E-state index in [1.54, 1.807) is 24.3 Å². The monoisotopic (exact) mass is 379 g/mol. The van der Waals surface area contributed by atoms with Crippen LogP contribution in [0.1, 0.15) is 10.4 Å². The molecule has 0 aliphatic heterocycles. The molecule has 22 heavy (non-hydrogen) atoms. The lowest BCUT2D eigenvalue weighted by atomic mass is 10.2. The summed E-state index contributed by atoms with van der Waals surface area (Å²) in [6.07, 6.45) is 1.93. The first-order chi connectivity index (χ1) is 10.6. The predicted molar refractivity (Wildman–Crippen MR) is 91.3 cm³/mol. The van der Waals surface area contributed by atoms with E-state index in [1.807, 2.05) is 30.5 Å². The standard InChI is InChI=1S/C16H14BrNO3S/c1-22-14-8-3-2-7-13(14)18-15(19)10-21-16(20)11-5-4-6-12(17)9-11/h2-9H,10H2,1H3,(H,18,19). The van der Waals surface area contributed by atoms with E-state index in [0.29, 0.717) is 11.3 Å². The van der Waals surface area contributed by atoms with Gasteiger partial charge in [-0.3, -0.25) is 4.79 Å².